The lowest BCUT2D eigenvalue weighted by atomic mass is 9.34. The number of rotatable bonds is 0. The first kappa shape index (κ1) is 12.0. The third-order valence-electron chi connectivity index (χ3n) is 7.00. The zero-order valence-corrected chi connectivity index (χ0v) is 11.5. The van der Waals surface area contributed by atoms with Crippen LogP contribution in [0.1, 0.15) is 53.4 Å². The van der Waals surface area contributed by atoms with Gasteiger partial charge < -0.3 is 10.2 Å². The van der Waals surface area contributed by atoms with E-state index in [0.29, 0.717) is 11.8 Å². The second kappa shape index (κ2) is 3.08. The van der Waals surface area contributed by atoms with Crippen molar-refractivity contribution in [2.24, 2.45) is 28.6 Å². The molecule has 6 atom stereocenters. The first-order chi connectivity index (χ1) is 7.76. The molecule has 2 N–H and O–H groups in total. The van der Waals surface area contributed by atoms with E-state index in [9.17, 15) is 10.2 Å². The van der Waals surface area contributed by atoms with Crippen molar-refractivity contribution in [3.8, 4) is 0 Å². The lowest BCUT2D eigenvalue weighted by Gasteiger charge is -2.73. The van der Waals surface area contributed by atoms with Crippen molar-refractivity contribution < 1.29 is 10.2 Å². The van der Waals surface area contributed by atoms with Gasteiger partial charge in [0.1, 0.15) is 0 Å². The standard InChI is InChI=1S/C15H26O2/c1-9-5-8-15(17)13(2,3)10-6-7-14(15,4)11(9)12(10)16/h9-12,16-17H,5-8H2,1-4H3/t9-,10+,11?,12-,14-,15+/m0/s1. The van der Waals surface area contributed by atoms with Crippen LogP contribution in [0.3, 0.4) is 0 Å². The summed E-state index contributed by atoms with van der Waals surface area (Å²) in [6, 6.07) is 0. The van der Waals surface area contributed by atoms with Gasteiger partial charge in [0.15, 0.2) is 0 Å². The Labute approximate surface area is 104 Å². The fourth-order valence-corrected chi connectivity index (χ4v) is 5.92. The van der Waals surface area contributed by atoms with Crippen molar-refractivity contribution in [3.63, 3.8) is 0 Å². The first-order valence-corrected chi connectivity index (χ1v) is 7.16. The summed E-state index contributed by atoms with van der Waals surface area (Å²) in [5, 5.41) is 22.0. The van der Waals surface area contributed by atoms with Gasteiger partial charge in [0.05, 0.1) is 11.7 Å². The molecule has 0 saturated heterocycles. The Kier molecular flexibility index (Phi) is 2.17. The molecule has 0 heterocycles. The largest absolute Gasteiger partial charge is 0.392 e. The molecule has 2 heteroatoms. The summed E-state index contributed by atoms with van der Waals surface area (Å²) in [6.45, 7) is 8.83. The van der Waals surface area contributed by atoms with E-state index in [4.69, 9.17) is 0 Å². The maximum Gasteiger partial charge on any atom is 0.0759 e. The molecule has 17 heavy (non-hydrogen) atoms. The van der Waals surface area contributed by atoms with Crippen molar-refractivity contribution in [1.29, 1.82) is 0 Å². The molecule has 4 aliphatic carbocycles. The van der Waals surface area contributed by atoms with Gasteiger partial charge in [-0.3, -0.25) is 0 Å². The zero-order valence-electron chi connectivity index (χ0n) is 11.5. The molecule has 4 bridgehead atoms. The van der Waals surface area contributed by atoms with Crippen LogP contribution in [0.5, 0.6) is 0 Å². The maximum atomic E-state index is 11.3. The van der Waals surface area contributed by atoms with Crippen LogP contribution in [-0.4, -0.2) is 21.9 Å². The minimum atomic E-state index is -0.570. The monoisotopic (exact) mass is 238 g/mol. The molecule has 4 fully saturated rings. The average molecular weight is 238 g/mol. The molecule has 2 nitrogen and oxygen atoms in total. The van der Waals surface area contributed by atoms with Gasteiger partial charge in [0.2, 0.25) is 0 Å². The van der Waals surface area contributed by atoms with Gasteiger partial charge in [-0.05, 0) is 48.9 Å². The number of hydrogen-bond acceptors (Lipinski definition) is 2. The average Bonchev–Trinajstić information content (AvgIpc) is 2.22. The van der Waals surface area contributed by atoms with E-state index in [0.717, 1.165) is 25.7 Å². The Morgan fingerprint density at radius 2 is 1.71 bits per heavy atom. The molecule has 0 aromatic rings. The quantitative estimate of drug-likeness (QED) is 0.681. The van der Waals surface area contributed by atoms with Gasteiger partial charge in [-0.25, -0.2) is 0 Å². The summed E-state index contributed by atoms with van der Waals surface area (Å²) in [6.07, 6.45) is 3.93. The maximum absolute atomic E-state index is 11.3. The third-order valence-corrected chi connectivity index (χ3v) is 7.00. The summed E-state index contributed by atoms with van der Waals surface area (Å²) in [5.74, 6) is 1.13. The lowest BCUT2D eigenvalue weighted by Crippen LogP contribution is -2.75. The Morgan fingerprint density at radius 1 is 1.06 bits per heavy atom. The normalized spacial score (nSPS) is 60.4. The van der Waals surface area contributed by atoms with E-state index in [2.05, 4.69) is 27.7 Å². The van der Waals surface area contributed by atoms with Gasteiger partial charge in [0.25, 0.3) is 0 Å². The Morgan fingerprint density at radius 3 is 2.35 bits per heavy atom. The Bertz CT molecular complexity index is 351. The van der Waals surface area contributed by atoms with Crippen LogP contribution in [0.4, 0.5) is 0 Å². The van der Waals surface area contributed by atoms with Gasteiger partial charge in [0, 0.05) is 5.41 Å². The molecule has 0 aromatic heterocycles. The molecule has 4 rings (SSSR count). The van der Waals surface area contributed by atoms with Crippen LogP contribution in [0.25, 0.3) is 0 Å². The highest BCUT2D eigenvalue weighted by molar-refractivity contribution is 5.22. The van der Waals surface area contributed by atoms with E-state index >= 15 is 0 Å². The Balaban J connectivity index is 2.17. The summed E-state index contributed by atoms with van der Waals surface area (Å²) in [4.78, 5) is 0. The van der Waals surface area contributed by atoms with E-state index in [1.165, 1.54) is 0 Å². The highest BCUT2D eigenvalue weighted by Gasteiger charge is 2.72. The highest BCUT2D eigenvalue weighted by atomic mass is 16.3. The molecule has 0 aromatic carbocycles. The lowest BCUT2D eigenvalue weighted by molar-refractivity contribution is -0.323. The second-order valence-electron chi connectivity index (χ2n) is 7.68. The number of aliphatic hydroxyl groups excluding tert-OH is 1. The summed E-state index contributed by atoms with van der Waals surface area (Å²) in [5.41, 5.74) is -0.794. The molecule has 0 aliphatic heterocycles. The zero-order chi connectivity index (χ0) is 12.6. The molecule has 4 saturated carbocycles. The molecular formula is C15H26O2. The van der Waals surface area contributed by atoms with Crippen molar-refractivity contribution in [3.05, 3.63) is 0 Å². The van der Waals surface area contributed by atoms with Gasteiger partial charge in [-0.1, -0.05) is 27.7 Å². The third kappa shape index (κ3) is 1.06. The predicted octanol–water partition coefficient (Wildman–Crippen LogP) is 2.58. The molecule has 4 aliphatic rings. The Hall–Kier alpha value is -0.0800. The van der Waals surface area contributed by atoms with Gasteiger partial charge >= 0.3 is 0 Å². The summed E-state index contributed by atoms with van der Waals surface area (Å²) in [7, 11) is 0. The van der Waals surface area contributed by atoms with Crippen LogP contribution in [-0.2, 0) is 0 Å². The topological polar surface area (TPSA) is 40.5 Å². The van der Waals surface area contributed by atoms with Gasteiger partial charge in [-0.2, -0.15) is 0 Å². The van der Waals surface area contributed by atoms with Crippen LogP contribution in [0, 0.1) is 28.6 Å². The molecule has 98 valence electrons. The molecule has 0 radical (unpaired) electrons. The molecule has 0 spiro atoms. The first-order valence-electron chi connectivity index (χ1n) is 7.16. The fourth-order valence-electron chi connectivity index (χ4n) is 5.92. The van der Waals surface area contributed by atoms with Crippen LogP contribution in [0.2, 0.25) is 0 Å². The SMILES string of the molecule is C[C@H]1CC[C@@]2(O)C(C)(C)[C@@H]3CC[C@@]2(C)C1[C@H]3O. The number of hydrogen-bond donors (Lipinski definition) is 2. The molecule has 0 amide bonds. The van der Waals surface area contributed by atoms with Crippen molar-refractivity contribution in [1.82, 2.24) is 0 Å². The van der Waals surface area contributed by atoms with E-state index in [1.54, 1.807) is 0 Å². The smallest absolute Gasteiger partial charge is 0.0759 e. The summed E-state index contributed by atoms with van der Waals surface area (Å²) < 4.78 is 0. The van der Waals surface area contributed by atoms with Gasteiger partial charge in [-0.15, -0.1) is 0 Å². The van der Waals surface area contributed by atoms with Crippen LogP contribution in [0.15, 0.2) is 0 Å². The number of fused-ring (bicyclic) bond motifs is 1. The predicted molar refractivity (Wildman–Crippen MR) is 67.5 cm³/mol. The molecule has 1 unspecified atom stereocenters. The van der Waals surface area contributed by atoms with E-state index in [-0.39, 0.29) is 22.9 Å². The minimum Gasteiger partial charge on any atom is -0.392 e. The van der Waals surface area contributed by atoms with Crippen molar-refractivity contribution in [2.45, 2.75) is 65.1 Å². The minimum absolute atomic E-state index is 0.0810. The molecular weight excluding hydrogens is 212 g/mol. The van der Waals surface area contributed by atoms with E-state index in [1.807, 2.05) is 0 Å². The van der Waals surface area contributed by atoms with Crippen molar-refractivity contribution >= 4 is 0 Å². The van der Waals surface area contributed by atoms with Crippen LogP contribution >= 0.6 is 0 Å². The van der Waals surface area contributed by atoms with Crippen LogP contribution < -0.4 is 0 Å². The fraction of sp³-hybridized carbons (Fsp3) is 1.00. The summed E-state index contributed by atoms with van der Waals surface area (Å²) >= 11 is 0. The second-order valence-corrected chi connectivity index (χ2v) is 7.68. The van der Waals surface area contributed by atoms with Crippen molar-refractivity contribution in [2.75, 3.05) is 0 Å². The highest BCUT2D eigenvalue weighted by Crippen LogP contribution is 2.71. The van der Waals surface area contributed by atoms with E-state index < -0.39 is 5.60 Å². The number of aliphatic hydroxyl groups is 2.